The van der Waals surface area contributed by atoms with Gasteiger partial charge in [0, 0.05) is 25.0 Å². The summed E-state index contributed by atoms with van der Waals surface area (Å²) in [5.41, 5.74) is 0. The van der Waals surface area contributed by atoms with E-state index in [1.807, 2.05) is 7.05 Å². The molecular formula is C14H26N2O. The maximum atomic E-state index is 12.4. The molecule has 0 bridgehead atoms. The summed E-state index contributed by atoms with van der Waals surface area (Å²) in [6, 6.07) is 0.509. The SMILES string of the molecule is CNC1CCCN(C(=O)C2CCC(C)CC2)C1. The van der Waals surface area contributed by atoms with Crippen LogP contribution in [0.25, 0.3) is 0 Å². The Balaban J connectivity index is 1.86. The van der Waals surface area contributed by atoms with E-state index in [-0.39, 0.29) is 0 Å². The standard InChI is InChI=1S/C14H26N2O/c1-11-5-7-12(8-6-11)14(17)16-9-3-4-13(10-16)15-2/h11-13,15H,3-10H2,1-2H3. The predicted molar refractivity (Wildman–Crippen MR) is 69.8 cm³/mol. The van der Waals surface area contributed by atoms with Crippen molar-refractivity contribution in [3.8, 4) is 0 Å². The first-order chi connectivity index (χ1) is 8.20. The molecule has 2 rings (SSSR count). The van der Waals surface area contributed by atoms with Crippen molar-refractivity contribution in [2.75, 3.05) is 20.1 Å². The largest absolute Gasteiger partial charge is 0.341 e. The molecular weight excluding hydrogens is 212 g/mol. The molecule has 98 valence electrons. The molecule has 1 atom stereocenters. The fraction of sp³-hybridized carbons (Fsp3) is 0.929. The van der Waals surface area contributed by atoms with Crippen molar-refractivity contribution in [3.63, 3.8) is 0 Å². The summed E-state index contributed by atoms with van der Waals surface area (Å²) >= 11 is 0. The first-order valence-electron chi connectivity index (χ1n) is 7.16. The van der Waals surface area contributed by atoms with Crippen LogP contribution in [0.5, 0.6) is 0 Å². The van der Waals surface area contributed by atoms with E-state index in [1.54, 1.807) is 0 Å². The van der Waals surface area contributed by atoms with Gasteiger partial charge in [-0.2, -0.15) is 0 Å². The van der Waals surface area contributed by atoms with Crippen molar-refractivity contribution in [1.29, 1.82) is 0 Å². The van der Waals surface area contributed by atoms with E-state index in [0.29, 0.717) is 17.9 Å². The molecule has 1 amide bonds. The van der Waals surface area contributed by atoms with Crippen molar-refractivity contribution < 1.29 is 4.79 Å². The number of nitrogens with one attached hydrogen (secondary N) is 1. The maximum absolute atomic E-state index is 12.4. The van der Waals surface area contributed by atoms with Gasteiger partial charge in [-0.05, 0) is 51.5 Å². The van der Waals surface area contributed by atoms with E-state index in [0.717, 1.165) is 38.3 Å². The van der Waals surface area contributed by atoms with Crippen molar-refractivity contribution in [2.45, 2.75) is 51.5 Å². The van der Waals surface area contributed by atoms with Gasteiger partial charge in [-0.25, -0.2) is 0 Å². The van der Waals surface area contributed by atoms with Gasteiger partial charge >= 0.3 is 0 Å². The lowest BCUT2D eigenvalue weighted by Gasteiger charge is -2.36. The molecule has 1 unspecified atom stereocenters. The van der Waals surface area contributed by atoms with Crippen LogP contribution in [0.4, 0.5) is 0 Å². The van der Waals surface area contributed by atoms with Crippen LogP contribution in [0.1, 0.15) is 45.4 Å². The molecule has 1 aliphatic heterocycles. The zero-order chi connectivity index (χ0) is 12.3. The number of amides is 1. The first kappa shape index (κ1) is 12.9. The molecule has 2 fully saturated rings. The minimum absolute atomic E-state index is 0.321. The number of hydrogen-bond acceptors (Lipinski definition) is 2. The Morgan fingerprint density at radius 3 is 2.53 bits per heavy atom. The molecule has 1 saturated heterocycles. The predicted octanol–water partition coefficient (Wildman–Crippen LogP) is 2.02. The number of likely N-dealkylation sites (tertiary alicyclic amines) is 1. The van der Waals surface area contributed by atoms with E-state index < -0.39 is 0 Å². The monoisotopic (exact) mass is 238 g/mol. The van der Waals surface area contributed by atoms with Crippen LogP contribution >= 0.6 is 0 Å². The van der Waals surface area contributed by atoms with Gasteiger partial charge in [0.05, 0.1) is 0 Å². The Morgan fingerprint density at radius 2 is 1.88 bits per heavy atom. The third kappa shape index (κ3) is 3.21. The first-order valence-corrected chi connectivity index (χ1v) is 7.16. The van der Waals surface area contributed by atoms with Crippen LogP contribution in [-0.4, -0.2) is 37.0 Å². The summed E-state index contributed by atoms with van der Waals surface area (Å²) < 4.78 is 0. The number of hydrogen-bond donors (Lipinski definition) is 1. The minimum atomic E-state index is 0.321. The Bertz CT molecular complexity index is 259. The van der Waals surface area contributed by atoms with Gasteiger partial charge in [-0.1, -0.05) is 6.92 Å². The zero-order valence-corrected chi connectivity index (χ0v) is 11.2. The molecule has 2 aliphatic rings. The molecule has 3 heteroatoms. The maximum Gasteiger partial charge on any atom is 0.225 e. The molecule has 0 aromatic rings. The molecule has 1 heterocycles. The number of nitrogens with zero attached hydrogens (tertiary/aromatic N) is 1. The van der Waals surface area contributed by atoms with E-state index in [9.17, 15) is 4.79 Å². The van der Waals surface area contributed by atoms with Crippen molar-refractivity contribution in [1.82, 2.24) is 10.2 Å². The van der Waals surface area contributed by atoms with E-state index in [2.05, 4.69) is 17.1 Å². The third-order valence-corrected chi connectivity index (χ3v) is 4.51. The minimum Gasteiger partial charge on any atom is -0.341 e. The fourth-order valence-electron chi connectivity index (χ4n) is 3.18. The van der Waals surface area contributed by atoms with Gasteiger partial charge in [0.2, 0.25) is 5.91 Å². The van der Waals surface area contributed by atoms with Gasteiger partial charge in [-0.3, -0.25) is 4.79 Å². The van der Waals surface area contributed by atoms with E-state index in [4.69, 9.17) is 0 Å². The van der Waals surface area contributed by atoms with Gasteiger partial charge in [-0.15, -0.1) is 0 Å². The summed E-state index contributed by atoms with van der Waals surface area (Å²) in [5, 5.41) is 3.30. The van der Waals surface area contributed by atoms with Gasteiger partial charge < -0.3 is 10.2 Å². The van der Waals surface area contributed by atoms with Crippen molar-refractivity contribution >= 4 is 5.91 Å². The van der Waals surface area contributed by atoms with Crippen LogP contribution in [0.3, 0.4) is 0 Å². The lowest BCUT2D eigenvalue weighted by atomic mass is 9.82. The van der Waals surface area contributed by atoms with Crippen LogP contribution < -0.4 is 5.32 Å². The zero-order valence-electron chi connectivity index (χ0n) is 11.2. The number of rotatable bonds is 2. The second kappa shape index (κ2) is 5.85. The highest BCUT2D eigenvalue weighted by molar-refractivity contribution is 5.79. The van der Waals surface area contributed by atoms with E-state index in [1.165, 1.54) is 19.3 Å². The van der Waals surface area contributed by atoms with Crippen LogP contribution in [-0.2, 0) is 4.79 Å². The van der Waals surface area contributed by atoms with Gasteiger partial charge in [0.1, 0.15) is 0 Å². The van der Waals surface area contributed by atoms with Crippen LogP contribution in [0.15, 0.2) is 0 Å². The molecule has 0 spiro atoms. The number of piperidine rings is 1. The smallest absolute Gasteiger partial charge is 0.225 e. The quantitative estimate of drug-likeness (QED) is 0.798. The number of carbonyl (C=O) groups excluding carboxylic acids is 1. The Morgan fingerprint density at radius 1 is 1.18 bits per heavy atom. The summed E-state index contributed by atoms with van der Waals surface area (Å²) in [7, 11) is 2.00. The average molecular weight is 238 g/mol. The van der Waals surface area contributed by atoms with Crippen LogP contribution in [0, 0.1) is 11.8 Å². The second-order valence-corrected chi connectivity index (χ2v) is 5.87. The molecule has 1 N–H and O–H groups in total. The highest BCUT2D eigenvalue weighted by Gasteiger charge is 2.30. The Hall–Kier alpha value is -0.570. The van der Waals surface area contributed by atoms with Gasteiger partial charge in [0.15, 0.2) is 0 Å². The van der Waals surface area contributed by atoms with E-state index >= 15 is 0 Å². The topological polar surface area (TPSA) is 32.3 Å². The van der Waals surface area contributed by atoms with Crippen molar-refractivity contribution in [3.05, 3.63) is 0 Å². The number of carbonyl (C=O) groups is 1. The summed E-state index contributed by atoms with van der Waals surface area (Å²) in [6.07, 6.45) is 7.06. The summed E-state index contributed by atoms with van der Waals surface area (Å²) in [5.74, 6) is 1.57. The third-order valence-electron chi connectivity index (χ3n) is 4.51. The summed E-state index contributed by atoms with van der Waals surface area (Å²) in [4.78, 5) is 14.5. The molecule has 0 radical (unpaired) electrons. The Kier molecular flexibility index (Phi) is 4.43. The fourth-order valence-corrected chi connectivity index (χ4v) is 3.18. The average Bonchev–Trinajstić information content (AvgIpc) is 2.39. The lowest BCUT2D eigenvalue weighted by molar-refractivity contribution is -0.138. The second-order valence-electron chi connectivity index (χ2n) is 5.87. The highest BCUT2D eigenvalue weighted by atomic mass is 16.2. The van der Waals surface area contributed by atoms with Crippen molar-refractivity contribution in [2.24, 2.45) is 11.8 Å². The Labute approximate surface area is 105 Å². The molecule has 1 aliphatic carbocycles. The molecule has 3 nitrogen and oxygen atoms in total. The molecule has 1 saturated carbocycles. The van der Waals surface area contributed by atoms with Crippen LogP contribution in [0.2, 0.25) is 0 Å². The lowest BCUT2D eigenvalue weighted by Crippen LogP contribution is -2.49. The highest BCUT2D eigenvalue weighted by Crippen LogP contribution is 2.30. The normalized spacial score (nSPS) is 34.7. The molecule has 0 aromatic carbocycles. The van der Waals surface area contributed by atoms with Gasteiger partial charge in [0.25, 0.3) is 0 Å². The molecule has 17 heavy (non-hydrogen) atoms. The summed E-state index contributed by atoms with van der Waals surface area (Å²) in [6.45, 7) is 4.20. The molecule has 0 aromatic heterocycles. The number of likely N-dealkylation sites (N-methyl/N-ethyl adjacent to an activating group) is 1.